The first-order chi connectivity index (χ1) is 12.0. The normalized spacial score (nSPS) is 10.7. The van der Waals surface area contributed by atoms with E-state index in [1.807, 2.05) is 43.3 Å². The molecule has 0 atom stereocenters. The monoisotopic (exact) mass is 355 g/mol. The van der Waals surface area contributed by atoms with Crippen LogP contribution in [0.4, 0.5) is 0 Å². The lowest BCUT2D eigenvalue weighted by molar-refractivity contribution is -0.130. The van der Waals surface area contributed by atoms with Crippen molar-refractivity contribution in [3.63, 3.8) is 0 Å². The molecular weight excluding hydrogens is 338 g/mol. The summed E-state index contributed by atoms with van der Waals surface area (Å²) >= 11 is 5.95. The first kappa shape index (κ1) is 17.2. The summed E-state index contributed by atoms with van der Waals surface area (Å²) in [6.07, 6.45) is 0.274. The van der Waals surface area contributed by atoms with E-state index in [0.29, 0.717) is 16.7 Å². The maximum absolute atomic E-state index is 12.4. The number of carbonyl (C=O) groups excluding carboxylic acids is 1. The van der Waals surface area contributed by atoms with Crippen LogP contribution in [0.25, 0.3) is 11.4 Å². The van der Waals surface area contributed by atoms with Crippen molar-refractivity contribution >= 4 is 17.5 Å². The molecule has 6 heteroatoms. The molecule has 5 nitrogen and oxygen atoms in total. The molecule has 0 unspecified atom stereocenters. The van der Waals surface area contributed by atoms with E-state index in [1.54, 1.807) is 24.1 Å². The largest absolute Gasteiger partial charge is 0.337 e. The molecule has 0 saturated carbocycles. The van der Waals surface area contributed by atoms with Crippen LogP contribution in [-0.2, 0) is 17.8 Å². The molecule has 3 aromatic rings. The van der Waals surface area contributed by atoms with Crippen molar-refractivity contribution in [2.75, 3.05) is 7.05 Å². The number of halogens is 1. The van der Waals surface area contributed by atoms with E-state index in [9.17, 15) is 4.79 Å². The van der Waals surface area contributed by atoms with Crippen LogP contribution in [0.3, 0.4) is 0 Å². The molecule has 1 amide bonds. The quantitative estimate of drug-likeness (QED) is 0.696. The Kier molecular flexibility index (Phi) is 5.14. The third kappa shape index (κ3) is 4.25. The molecule has 0 aliphatic heterocycles. The topological polar surface area (TPSA) is 59.2 Å². The first-order valence-electron chi connectivity index (χ1n) is 7.90. The van der Waals surface area contributed by atoms with Crippen LogP contribution >= 0.6 is 11.6 Å². The van der Waals surface area contributed by atoms with Gasteiger partial charge in [-0.15, -0.1) is 0 Å². The standard InChI is InChI=1S/C19H18ClN3O2/c1-13-6-3-4-9-16(13)19-21-17(25-22-19)12-23(2)18(24)11-14-7-5-8-15(20)10-14/h3-10H,11-12H2,1-2H3. The lowest BCUT2D eigenvalue weighted by atomic mass is 10.1. The summed E-state index contributed by atoms with van der Waals surface area (Å²) in [7, 11) is 1.71. The summed E-state index contributed by atoms with van der Waals surface area (Å²) in [5, 5.41) is 4.63. The number of aryl methyl sites for hydroxylation is 1. The van der Waals surface area contributed by atoms with Crippen molar-refractivity contribution < 1.29 is 9.32 Å². The summed E-state index contributed by atoms with van der Waals surface area (Å²) in [5.74, 6) is 0.891. The van der Waals surface area contributed by atoms with E-state index in [0.717, 1.165) is 16.7 Å². The lowest BCUT2D eigenvalue weighted by Gasteiger charge is -2.14. The fourth-order valence-electron chi connectivity index (χ4n) is 2.50. The molecular formula is C19H18ClN3O2. The molecule has 0 aliphatic rings. The van der Waals surface area contributed by atoms with Gasteiger partial charge in [-0.25, -0.2) is 0 Å². The lowest BCUT2D eigenvalue weighted by Crippen LogP contribution is -2.27. The highest BCUT2D eigenvalue weighted by molar-refractivity contribution is 6.30. The van der Waals surface area contributed by atoms with Gasteiger partial charge in [-0.2, -0.15) is 4.98 Å². The number of rotatable bonds is 5. The predicted molar refractivity (Wildman–Crippen MR) is 96.1 cm³/mol. The van der Waals surface area contributed by atoms with Crippen LogP contribution in [0, 0.1) is 6.92 Å². The Morgan fingerprint density at radius 2 is 2.00 bits per heavy atom. The SMILES string of the molecule is Cc1ccccc1-c1noc(CN(C)C(=O)Cc2cccc(Cl)c2)n1. The average molecular weight is 356 g/mol. The molecule has 0 spiro atoms. The Labute approximate surface area is 151 Å². The highest BCUT2D eigenvalue weighted by Crippen LogP contribution is 2.20. The molecule has 128 valence electrons. The van der Waals surface area contributed by atoms with Gasteiger partial charge in [0.05, 0.1) is 13.0 Å². The third-order valence-corrected chi connectivity index (χ3v) is 4.13. The predicted octanol–water partition coefficient (Wildman–Crippen LogP) is 3.90. The van der Waals surface area contributed by atoms with Crippen LogP contribution in [0.1, 0.15) is 17.0 Å². The Morgan fingerprint density at radius 1 is 1.20 bits per heavy atom. The number of likely N-dealkylation sites (N-methyl/N-ethyl adjacent to an activating group) is 1. The second kappa shape index (κ2) is 7.49. The molecule has 0 bridgehead atoms. The summed E-state index contributed by atoms with van der Waals surface area (Å²) in [5.41, 5.74) is 2.86. The minimum atomic E-state index is -0.0436. The highest BCUT2D eigenvalue weighted by atomic mass is 35.5. The van der Waals surface area contributed by atoms with E-state index >= 15 is 0 Å². The average Bonchev–Trinajstić information content (AvgIpc) is 3.03. The van der Waals surface area contributed by atoms with Gasteiger partial charge in [0, 0.05) is 17.6 Å². The number of nitrogens with zero attached hydrogens (tertiary/aromatic N) is 3. The van der Waals surface area contributed by atoms with E-state index in [-0.39, 0.29) is 18.9 Å². The highest BCUT2D eigenvalue weighted by Gasteiger charge is 2.16. The molecule has 0 N–H and O–H groups in total. The van der Waals surface area contributed by atoms with Gasteiger partial charge in [0.15, 0.2) is 0 Å². The van der Waals surface area contributed by atoms with Crippen molar-refractivity contribution in [1.82, 2.24) is 15.0 Å². The fourth-order valence-corrected chi connectivity index (χ4v) is 2.71. The van der Waals surface area contributed by atoms with Crippen molar-refractivity contribution in [3.8, 4) is 11.4 Å². The molecule has 3 rings (SSSR count). The van der Waals surface area contributed by atoms with Crippen LogP contribution in [0.15, 0.2) is 53.1 Å². The number of amides is 1. The van der Waals surface area contributed by atoms with Gasteiger partial charge in [0.2, 0.25) is 17.6 Å². The smallest absolute Gasteiger partial charge is 0.246 e. The van der Waals surface area contributed by atoms with Crippen LogP contribution in [0.2, 0.25) is 5.02 Å². The number of hydrogen-bond acceptors (Lipinski definition) is 4. The molecule has 0 fully saturated rings. The van der Waals surface area contributed by atoms with Crippen LogP contribution < -0.4 is 0 Å². The Morgan fingerprint density at radius 3 is 2.76 bits per heavy atom. The van der Waals surface area contributed by atoms with E-state index in [1.165, 1.54) is 0 Å². The fraction of sp³-hybridized carbons (Fsp3) is 0.211. The van der Waals surface area contributed by atoms with Gasteiger partial charge in [0.1, 0.15) is 0 Å². The number of benzene rings is 2. The van der Waals surface area contributed by atoms with Gasteiger partial charge in [-0.3, -0.25) is 4.79 Å². The second-order valence-electron chi connectivity index (χ2n) is 5.88. The molecule has 0 radical (unpaired) electrons. The second-order valence-corrected chi connectivity index (χ2v) is 6.32. The van der Waals surface area contributed by atoms with E-state index in [4.69, 9.17) is 16.1 Å². The Balaban J connectivity index is 1.66. The van der Waals surface area contributed by atoms with Crippen molar-refractivity contribution in [3.05, 3.63) is 70.6 Å². The minimum Gasteiger partial charge on any atom is -0.337 e. The number of aromatic nitrogens is 2. The van der Waals surface area contributed by atoms with Gasteiger partial charge >= 0.3 is 0 Å². The first-order valence-corrected chi connectivity index (χ1v) is 8.28. The molecule has 1 heterocycles. The molecule has 0 saturated heterocycles. The molecule has 25 heavy (non-hydrogen) atoms. The molecule has 0 aliphatic carbocycles. The van der Waals surface area contributed by atoms with Crippen LogP contribution in [-0.4, -0.2) is 28.0 Å². The number of hydrogen-bond donors (Lipinski definition) is 0. The van der Waals surface area contributed by atoms with Gasteiger partial charge in [-0.1, -0.05) is 53.2 Å². The summed E-state index contributed by atoms with van der Waals surface area (Å²) in [4.78, 5) is 18.3. The zero-order valence-corrected chi connectivity index (χ0v) is 14.8. The van der Waals surface area contributed by atoms with Gasteiger partial charge < -0.3 is 9.42 Å². The van der Waals surface area contributed by atoms with Crippen molar-refractivity contribution in [2.45, 2.75) is 19.9 Å². The van der Waals surface area contributed by atoms with Crippen molar-refractivity contribution in [1.29, 1.82) is 0 Å². The van der Waals surface area contributed by atoms with Crippen LogP contribution in [0.5, 0.6) is 0 Å². The summed E-state index contributed by atoms with van der Waals surface area (Å²) in [6, 6.07) is 15.1. The van der Waals surface area contributed by atoms with E-state index < -0.39 is 0 Å². The maximum Gasteiger partial charge on any atom is 0.246 e. The summed E-state index contributed by atoms with van der Waals surface area (Å²) < 4.78 is 5.29. The van der Waals surface area contributed by atoms with Gasteiger partial charge in [-0.05, 0) is 30.2 Å². The molecule has 1 aromatic heterocycles. The Hall–Kier alpha value is -2.66. The van der Waals surface area contributed by atoms with Gasteiger partial charge in [0.25, 0.3) is 0 Å². The van der Waals surface area contributed by atoms with E-state index in [2.05, 4.69) is 10.1 Å². The molecule has 2 aromatic carbocycles. The third-order valence-electron chi connectivity index (χ3n) is 3.90. The zero-order chi connectivity index (χ0) is 17.8. The Bertz CT molecular complexity index is 892. The zero-order valence-electron chi connectivity index (χ0n) is 14.1. The van der Waals surface area contributed by atoms with Crippen molar-refractivity contribution in [2.24, 2.45) is 0 Å². The minimum absolute atomic E-state index is 0.0436. The maximum atomic E-state index is 12.4. The summed E-state index contributed by atoms with van der Waals surface area (Å²) in [6.45, 7) is 2.25. The number of carbonyl (C=O) groups is 1.